The Labute approximate surface area is 148 Å². The van der Waals surface area contributed by atoms with Crippen molar-refractivity contribution in [3.63, 3.8) is 0 Å². The zero-order valence-corrected chi connectivity index (χ0v) is 15.1. The Bertz CT molecular complexity index is 586. The average molecular weight is 352 g/mol. The van der Waals surface area contributed by atoms with Crippen LogP contribution in [0.3, 0.4) is 0 Å². The summed E-state index contributed by atoms with van der Waals surface area (Å²) in [6, 6.07) is 5.52. The quantitative estimate of drug-likeness (QED) is 0.646. The second kappa shape index (κ2) is 8.73. The van der Waals surface area contributed by atoms with Gasteiger partial charge >= 0.3 is 5.97 Å². The Hall–Kier alpha value is -2.02. The number of nitrogens with one attached hydrogen (secondary N) is 1. The lowest BCUT2D eigenvalue weighted by Gasteiger charge is -2.33. The first-order valence-electron chi connectivity index (χ1n) is 8.03. The molecule has 1 aliphatic heterocycles. The summed E-state index contributed by atoms with van der Waals surface area (Å²) in [7, 11) is 3.22. The Kier molecular flexibility index (Phi) is 6.66. The number of carbonyl (C=O) groups is 1. The lowest BCUT2D eigenvalue weighted by Crippen LogP contribution is -2.42. The summed E-state index contributed by atoms with van der Waals surface area (Å²) in [5.74, 6) is 1.25. The Morgan fingerprint density at radius 1 is 1.29 bits per heavy atom. The van der Waals surface area contributed by atoms with Crippen molar-refractivity contribution in [2.45, 2.75) is 19.8 Å². The fourth-order valence-electron chi connectivity index (χ4n) is 2.67. The van der Waals surface area contributed by atoms with E-state index in [1.54, 1.807) is 20.3 Å². The molecule has 1 fully saturated rings. The van der Waals surface area contributed by atoms with Crippen LogP contribution in [0.25, 0.3) is 0 Å². The van der Waals surface area contributed by atoms with E-state index in [-0.39, 0.29) is 11.9 Å². The summed E-state index contributed by atoms with van der Waals surface area (Å²) in [5, 5.41) is 3.84. The van der Waals surface area contributed by atoms with Crippen molar-refractivity contribution in [1.29, 1.82) is 0 Å². The van der Waals surface area contributed by atoms with Crippen molar-refractivity contribution in [3.8, 4) is 11.5 Å². The summed E-state index contributed by atoms with van der Waals surface area (Å²) >= 11 is 5.49. The Balaban J connectivity index is 1.93. The first kappa shape index (κ1) is 18.3. The molecule has 1 aliphatic rings. The van der Waals surface area contributed by atoms with Crippen molar-refractivity contribution in [3.05, 3.63) is 18.2 Å². The number of anilines is 1. The minimum absolute atomic E-state index is 0.0282. The molecular weight excluding hydrogens is 328 g/mol. The summed E-state index contributed by atoms with van der Waals surface area (Å²) in [6.45, 7) is 3.71. The molecule has 7 heteroatoms. The molecule has 1 aromatic carbocycles. The molecular formula is C17H24N2O4S. The van der Waals surface area contributed by atoms with Gasteiger partial charge in [0.2, 0.25) is 0 Å². The summed E-state index contributed by atoms with van der Waals surface area (Å²) in [4.78, 5) is 13.9. The van der Waals surface area contributed by atoms with Gasteiger partial charge in [0.1, 0.15) is 11.5 Å². The van der Waals surface area contributed by atoms with Gasteiger partial charge in [-0.2, -0.15) is 0 Å². The van der Waals surface area contributed by atoms with Crippen LogP contribution in [0.1, 0.15) is 19.8 Å². The second-order valence-corrected chi connectivity index (χ2v) is 5.90. The highest BCUT2D eigenvalue weighted by molar-refractivity contribution is 7.80. The predicted octanol–water partition coefficient (Wildman–Crippen LogP) is 2.68. The van der Waals surface area contributed by atoms with Crippen LogP contribution in [-0.2, 0) is 9.53 Å². The number of piperidine rings is 1. The number of esters is 1. The van der Waals surface area contributed by atoms with Crippen LogP contribution in [-0.4, -0.2) is 49.9 Å². The van der Waals surface area contributed by atoms with Crippen LogP contribution in [0.4, 0.5) is 5.69 Å². The maximum Gasteiger partial charge on any atom is 0.309 e. The summed E-state index contributed by atoms with van der Waals surface area (Å²) in [5.41, 5.74) is 0.788. The van der Waals surface area contributed by atoms with Crippen molar-refractivity contribution < 1.29 is 19.0 Å². The molecule has 2 rings (SSSR count). The topological polar surface area (TPSA) is 60.0 Å². The normalized spacial score (nSPS) is 14.9. The van der Waals surface area contributed by atoms with E-state index in [1.165, 1.54) is 0 Å². The van der Waals surface area contributed by atoms with E-state index in [0.717, 1.165) is 37.4 Å². The molecule has 1 N–H and O–H groups in total. The third kappa shape index (κ3) is 4.50. The van der Waals surface area contributed by atoms with Crippen LogP contribution >= 0.6 is 12.2 Å². The van der Waals surface area contributed by atoms with Gasteiger partial charge in [-0.25, -0.2) is 0 Å². The minimum atomic E-state index is -0.104. The molecule has 1 heterocycles. The van der Waals surface area contributed by atoms with Crippen LogP contribution in [0.5, 0.6) is 11.5 Å². The molecule has 1 saturated heterocycles. The fourth-order valence-corrected chi connectivity index (χ4v) is 2.97. The summed E-state index contributed by atoms with van der Waals surface area (Å²) < 4.78 is 15.7. The molecule has 24 heavy (non-hydrogen) atoms. The van der Waals surface area contributed by atoms with E-state index in [1.807, 2.05) is 19.1 Å². The number of carbonyl (C=O) groups excluding carboxylic acids is 1. The number of benzene rings is 1. The molecule has 0 atom stereocenters. The lowest BCUT2D eigenvalue weighted by molar-refractivity contribution is -0.149. The monoisotopic (exact) mass is 352 g/mol. The van der Waals surface area contributed by atoms with Crippen LogP contribution in [0, 0.1) is 5.92 Å². The van der Waals surface area contributed by atoms with Gasteiger partial charge in [-0.15, -0.1) is 0 Å². The Morgan fingerprint density at radius 2 is 2.00 bits per heavy atom. The van der Waals surface area contributed by atoms with Gasteiger partial charge in [0.25, 0.3) is 0 Å². The van der Waals surface area contributed by atoms with Gasteiger partial charge in [0.05, 0.1) is 32.4 Å². The number of rotatable bonds is 5. The minimum Gasteiger partial charge on any atom is -0.497 e. The lowest BCUT2D eigenvalue weighted by atomic mass is 9.97. The molecule has 0 aromatic heterocycles. The molecule has 0 unspecified atom stereocenters. The van der Waals surface area contributed by atoms with E-state index in [4.69, 9.17) is 26.4 Å². The highest BCUT2D eigenvalue weighted by Crippen LogP contribution is 2.29. The van der Waals surface area contributed by atoms with Gasteiger partial charge in [0, 0.05) is 19.2 Å². The Morgan fingerprint density at radius 3 is 2.58 bits per heavy atom. The third-order valence-corrected chi connectivity index (χ3v) is 4.41. The molecule has 0 spiro atoms. The third-order valence-electron chi connectivity index (χ3n) is 4.05. The summed E-state index contributed by atoms with van der Waals surface area (Å²) in [6.07, 6.45) is 1.50. The number of nitrogens with zero attached hydrogens (tertiary/aromatic N) is 1. The van der Waals surface area contributed by atoms with E-state index >= 15 is 0 Å². The molecule has 0 saturated carbocycles. The highest BCUT2D eigenvalue weighted by Gasteiger charge is 2.27. The van der Waals surface area contributed by atoms with Crippen molar-refractivity contribution in [2.24, 2.45) is 5.92 Å². The molecule has 0 bridgehead atoms. The van der Waals surface area contributed by atoms with Gasteiger partial charge < -0.3 is 24.4 Å². The maximum absolute atomic E-state index is 11.8. The van der Waals surface area contributed by atoms with Crippen molar-refractivity contribution >= 4 is 29.0 Å². The van der Waals surface area contributed by atoms with Gasteiger partial charge in [-0.3, -0.25) is 4.79 Å². The molecule has 1 aromatic rings. The SMILES string of the molecule is CCOC(=O)C1CCN(C(=S)Nc2ccc(OC)cc2OC)CC1. The average Bonchev–Trinajstić information content (AvgIpc) is 2.62. The number of likely N-dealkylation sites (tertiary alicyclic amines) is 1. The zero-order chi connectivity index (χ0) is 17.5. The van der Waals surface area contributed by atoms with Crippen LogP contribution < -0.4 is 14.8 Å². The fraction of sp³-hybridized carbons (Fsp3) is 0.529. The first-order chi connectivity index (χ1) is 11.6. The molecule has 0 radical (unpaired) electrons. The van der Waals surface area contributed by atoms with E-state index in [0.29, 0.717) is 17.5 Å². The van der Waals surface area contributed by atoms with Gasteiger partial charge in [-0.1, -0.05) is 0 Å². The molecule has 0 amide bonds. The van der Waals surface area contributed by atoms with Gasteiger partial charge in [0.15, 0.2) is 5.11 Å². The van der Waals surface area contributed by atoms with Gasteiger partial charge in [-0.05, 0) is 44.1 Å². The number of hydrogen-bond acceptors (Lipinski definition) is 5. The zero-order valence-electron chi connectivity index (χ0n) is 14.3. The molecule has 0 aliphatic carbocycles. The highest BCUT2D eigenvalue weighted by atomic mass is 32.1. The molecule has 6 nitrogen and oxygen atoms in total. The number of methoxy groups -OCH3 is 2. The smallest absolute Gasteiger partial charge is 0.309 e. The predicted molar refractivity (Wildman–Crippen MR) is 96.7 cm³/mol. The van der Waals surface area contributed by atoms with Crippen LogP contribution in [0.15, 0.2) is 18.2 Å². The number of thiocarbonyl (C=S) groups is 1. The number of hydrogen-bond donors (Lipinski definition) is 1. The molecule has 132 valence electrons. The maximum atomic E-state index is 11.8. The van der Waals surface area contributed by atoms with E-state index in [9.17, 15) is 4.79 Å². The first-order valence-corrected chi connectivity index (χ1v) is 8.44. The second-order valence-electron chi connectivity index (χ2n) is 5.51. The van der Waals surface area contributed by atoms with Crippen molar-refractivity contribution in [1.82, 2.24) is 4.90 Å². The largest absolute Gasteiger partial charge is 0.497 e. The van der Waals surface area contributed by atoms with E-state index < -0.39 is 0 Å². The van der Waals surface area contributed by atoms with Crippen molar-refractivity contribution in [2.75, 3.05) is 39.2 Å². The van der Waals surface area contributed by atoms with Crippen LogP contribution in [0.2, 0.25) is 0 Å². The van der Waals surface area contributed by atoms with E-state index in [2.05, 4.69) is 10.2 Å². The standard InChI is InChI=1S/C17H24N2O4S/c1-4-23-16(20)12-7-9-19(10-8-12)17(24)18-14-6-5-13(21-2)11-15(14)22-3/h5-6,11-12H,4,7-10H2,1-3H3,(H,18,24). The number of ether oxygens (including phenoxy) is 3.